The van der Waals surface area contributed by atoms with Crippen molar-refractivity contribution in [1.29, 1.82) is 0 Å². The van der Waals surface area contributed by atoms with E-state index in [1.54, 1.807) is 18.2 Å². The van der Waals surface area contributed by atoms with Gasteiger partial charge in [-0.3, -0.25) is 4.79 Å². The first-order valence-electron chi connectivity index (χ1n) is 5.95. The number of phenolic OH excluding ortho intramolecular Hbond substituents is 1. The second-order valence-electron chi connectivity index (χ2n) is 4.55. The Kier molecular flexibility index (Phi) is 4.72. The van der Waals surface area contributed by atoms with Crippen molar-refractivity contribution < 1.29 is 9.90 Å². The van der Waals surface area contributed by atoms with Gasteiger partial charge in [-0.1, -0.05) is 0 Å². The van der Waals surface area contributed by atoms with Gasteiger partial charge in [0.05, 0.1) is 3.57 Å². The van der Waals surface area contributed by atoms with Gasteiger partial charge < -0.3 is 10.0 Å². The quantitative estimate of drug-likeness (QED) is 0.648. The van der Waals surface area contributed by atoms with Crippen LogP contribution < -0.4 is 0 Å². The van der Waals surface area contributed by atoms with Gasteiger partial charge in [0.2, 0.25) is 0 Å². The zero-order chi connectivity index (χ0) is 13.1. The van der Waals surface area contributed by atoms with Crippen molar-refractivity contribution >= 4 is 40.1 Å². The molecule has 98 valence electrons. The molecule has 0 bridgehead atoms. The van der Waals surface area contributed by atoms with Gasteiger partial charge >= 0.3 is 0 Å². The van der Waals surface area contributed by atoms with E-state index < -0.39 is 0 Å². The summed E-state index contributed by atoms with van der Waals surface area (Å²) in [4.78, 5) is 14.1. The molecule has 1 saturated heterocycles. The molecule has 18 heavy (non-hydrogen) atoms. The molecule has 1 amide bonds. The number of alkyl halides is 1. The Balaban J connectivity index is 2.05. The molecule has 0 saturated carbocycles. The largest absolute Gasteiger partial charge is 0.507 e. The van der Waals surface area contributed by atoms with Crippen LogP contribution in [-0.4, -0.2) is 34.9 Å². The summed E-state index contributed by atoms with van der Waals surface area (Å²) in [5.41, 5.74) is 0.555. The molecular weight excluding hydrogens is 365 g/mol. The second kappa shape index (κ2) is 6.10. The molecule has 0 aliphatic carbocycles. The van der Waals surface area contributed by atoms with Crippen LogP contribution >= 0.6 is 34.2 Å². The van der Waals surface area contributed by atoms with Gasteiger partial charge in [-0.25, -0.2) is 0 Å². The molecule has 1 aromatic carbocycles. The van der Waals surface area contributed by atoms with Gasteiger partial charge in [0.25, 0.3) is 5.91 Å². The number of carbonyl (C=O) groups excluding carboxylic acids is 1. The fourth-order valence-corrected chi connectivity index (χ4v) is 2.88. The Hall–Kier alpha value is -0.490. The van der Waals surface area contributed by atoms with Gasteiger partial charge in [0.15, 0.2) is 0 Å². The summed E-state index contributed by atoms with van der Waals surface area (Å²) < 4.78 is 0.755. The third-order valence-electron chi connectivity index (χ3n) is 3.28. The Bertz CT molecular complexity index is 453. The van der Waals surface area contributed by atoms with Crippen molar-refractivity contribution in [3.63, 3.8) is 0 Å². The Morgan fingerprint density at radius 1 is 1.56 bits per heavy atom. The van der Waals surface area contributed by atoms with E-state index in [2.05, 4.69) is 0 Å². The molecular formula is C13H15ClINO2. The number of hydrogen-bond donors (Lipinski definition) is 1. The van der Waals surface area contributed by atoms with Crippen LogP contribution in [0.3, 0.4) is 0 Å². The highest BCUT2D eigenvalue weighted by atomic mass is 127. The SMILES string of the molecule is O=C(c1ccc(I)c(O)c1)N1CCC(CCCl)C1. The molecule has 1 unspecified atom stereocenters. The molecule has 1 aliphatic rings. The van der Waals surface area contributed by atoms with E-state index in [0.29, 0.717) is 17.4 Å². The molecule has 1 aliphatic heterocycles. The number of benzene rings is 1. The number of halogens is 2. The first kappa shape index (κ1) is 13.9. The van der Waals surface area contributed by atoms with Gasteiger partial charge in [0.1, 0.15) is 5.75 Å². The number of amides is 1. The summed E-state index contributed by atoms with van der Waals surface area (Å²) >= 11 is 7.76. The molecule has 0 radical (unpaired) electrons. The smallest absolute Gasteiger partial charge is 0.253 e. The Morgan fingerprint density at radius 3 is 3.00 bits per heavy atom. The first-order chi connectivity index (χ1) is 8.61. The van der Waals surface area contributed by atoms with E-state index in [9.17, 15) is 9.90 Å². The molecule has 1 fully saturated rings. The van der Waals surface area contributed by atoms with Gasteiger partial charge in [-0.2, -0.15) is 0 Å². The predicted octanol–water partition coefficient (Wildman–Crippen LogP) is 3.09. The molecule has 1 atom stereocenters. The number of nitrogens with zero attached hydrogens (tertiary/aromatic N) is 1. The van der Waals surface area contributed by atoms with Crippen molar-refractivity contribution in [3.05, 3.63) is 27.3 Å². The highest BCUT2D eigenvalue weighted by Gasteiger charge is 2.26. The van der Waals surface area contributed by atoms with Crippen molar-refractivity contribution in [2.75, 3.05) is 19.0 Å². The monoisotopic (exact) mass is 379 g/mol. The number of aromatic hydroxyl groups is 1. The summed E-state index contributed by atoms with van der Waals surface area (Å²) in [6.45, 7) is 1.56. The third-order valence-corrected chi connectivity index (χ3v) is 4.41. The van der Waals surface area contributed by atoms with E-state index in [-0.39, 0.29) is 11.7 Å². The standard InChI is InChI=1S/C13H15ClINO2/c14-5-3-9-4-6-16(8-9)13(18)10-1-2-11(15)12(17)7-10/h1-2,7,9,17H,3-6,8H2. The maximum absolute atomic E-state index is 12.2. The number of hydrogen-bond acceptors (Lipinski definition) is 2. The van der Waals surface area contributed by atoms with Crippen molar-refractivity contribution in [1.82, 2.24) is 4.90 Å². The van der Waals surface area contributed by atoms with Gasteiger partial charge in [-0.05, 0) is 59.5 Å². The van der Waals surface area contributed by atoms with E-state index in [1.165, 1.54) is 0 Å². The van der Waals surface area contributed by atoms with Crippen LogP contribution in [0, 0.1) is 9.49 Å². The van der Waals surface area contributed by atoms with E-state index in [1.807, 2.05) is 27.5 Å². The fourth-order valence-electron chi connectivity index (χ4n) is 2.24. The summed E-state index contributed by atoms with van der Waals surface area (Å²) in [6, 6.07) is 5.06. The summed E-state index contributed by atoms with van der Waals surface area (Å²) in [5, 5.41) is 9.63. The van der Waals surface area contributed by atoms with Crippen LogP contribution in [0.5, 0.6) is 5.75 Å². The van der Waals surface area contributed by atoms with Crippen LogP contribution in [-0.2, 0) is 0 Å². The molecule has 3 nitrogen and oxygen atoms in total. The molecule has 1 N–H and O–H groups in total. The average molecular weight is 380 g/mol. The summed E-state index contributed by atoms with van der Waals surface area (Å²) in [6.07, 6.45) is 1.98. The lowest BCUT2D eigenvalue weighted by atomic mass is 10.1. The minimum Gasteiger partial charge on any atom is -0.507 e. The maximum atomic E-state index is 12.2. The van der Waals surface area contributed by atoms with Crippen molar-refractivity contribution in [2.24, 2.45) is 5.92 Å². The van der Waals surface area contributed by atoms with Crippen LogP contribution in [0.15, 0.2) is 18.2 Å². The van der Waals surface area contributed by atoms with Crippen LogP contribution in [0.4, 0.5) is 0 Å². The number of likely N-dealkylation sites (tertiary alicyclic amines) is 1. The molecule has 1 aromatic rings. The molecule has 1 heterocycles. The zero-order valence-corrected chi connectivity index (χ0v) is 12.8. The zero-order valence-electron chi connectivity index (χ0n) is 9.90. The van der Waals surface area contributed by atoms with Crippen molar-refractivity contribution in [3.8, 4) is 5.75 Å². The summed E-state index contributed by atoms with van der Waals surface area (Å²) in [7, 11) is 0. The third kappa shape index (κ3) is 3.09. The Labute approximate surface area is 125 Å². The van der Waals surface area contributed by atoms with Crippen LogP contribution in [0.2, 0.25) is 0 Å². The molecule has 0 spiro atoms. The first-order valence-corrected chi connectivity index (χ1v) is 7.57. The second-order valence-corrected chi connectivity index (χ2v) is 6.09. The highest BCUT2D eigenvalue weighted by molar-refractivity contribution is 14.1. The fraction of sp³-hybridized carbons (Fsp3) is 0.462. The lowest BCUT2D eigenvalue weighted by Crippen LogP contribution is -2.28. The molecule has 5 heteroatoms. The minimum atomic E-state index is -0.00114. The summed E-state index contributed by atoms with van der Waals surface area (Å²) in [5.74, 6) is 1.33. The molecule has 0 aromatic heterocycles. The van der Waals surface area contributed by atoms with Crippen LogP contribution in [0.25, 0.3) is 0 Å². The normalized spacial score (nSPS) is 19.2. The predicted molar refractivity (Wildman–Crippen MR) is 80.2 cm³/mol. The maximum Gasteiger partial charge on any atom is 0.253 e. The highest BCUT2D eigenvalue weighted by Crippen LogP contribution is 2.25. The van der Waals surface area contributed by atoms with Crippen molar-refractivity contribution in [2.45, 2.75) is 12.8 Å². The Morgan fingerprint density at radius 2 is 2.33 bits per heavy atom. The van der Waals surface area contributed by atoms with E-state index >= 15 is 0 Å². The minimum absolute atomic E-state index is 0.00114. The van der Waals surface area contributed by atoms with Gasteiger partial charge in [0, 0.05) is 24.5 Å². The topological polar surface area (TPSA) is 40.5 Å². The number of phenols is 1. The lowest BCUT2D eigenvalue weighted by molar-refractivity contribution is 0.0786. The van der Waals surface area contributed by atoms with E-state index in [0.717, 1.165) is 29.5 Å². The molecule has 2 rings (SSSR count). The van der Waals surface area contributed by atoms with Crippen LogP contribution in [0.1, 0.15) is 23.2 Å². The lowest BCUT2D eigenvalue weighted by Gasteiger charge is -2.16. The van der Waals surface area contributed by atoms with E-state index in [4.69, 9.17) is 11.6 Å². The average Bonchev–Trinajstić information content (AvgIpc) is 2.81. The number of rotatable bonds is 3. The number of carbonyl (C=O) groups is 1. The van der Waals surface area contributed by atoms with Gasteiger partial charge in [-0.15, -0.1) is 11.6 Å².